The Kier molecular flexibility index (Phi) is 3.98. The van der Waals surface area contributed by atoms with Gasteiger partial charge in [0.25, 0.3) is 0 Å². The summed E-state index contributed by atoms with van der Waals surface area (Å²) < 4.78 is 5.35. The third-order valence-electron chi connectivity index (χ3n) is 2.43. The van der Waals surface area contributed by atoms with Crippen LogP contribution < -0.4 is 0 Å². The van der Waals surface area contributed by atoms with Crippen molar-refractivity contribution >= 4 is 0 Å². The summed E-state index contributed by atoms with van der Waals surface area (Å²) in [6.45, 7) is 7.11. The molecule has 0 spiro atoms. The highest BCUT2D eigenvalue weighted by Gasteiger charge is 2.22. The lowest BCUT2D eigenvalue weighted by Gasteiger charge is -2.31. The van der Waals surface area contributed by atoms with Crippen LogP contribution in [0.25, 0.3) is 0 Å². The number of aliphatic hydroxyl groups is 1. The minimum absolute atomic E-state index is 0.252. The van der Waals surface area contributed by atoms with Crippen LogP contribution in [0.4, 0.5) is 0 Å². The first kappa shape index (κ1) is 9.96. The van der Waals surface area contributed by atoms with Crippen molar-refractivity contribution in [3.63, 3.8) is 0 Å². The largest absolute Gasteiger partial charge is 0.395 e. The second kappa shape index (κ2) is 4.80. The van der Waals surface area contributed by atoms with E-state index in [1.165, 1.54) is 0 Å². The molecule has 0 radical (unpaired) electrons. The molecule has 1 atom stereocenters. The summed E-state index contributed by atoms with van der Waals surface area (Å²) in [5, 5.41) is 9.14. The molecule has 1 aliphatic heterocycles. The standard InChI is InChI=1S/C9H19NO2/c1-8(2)10-4-6-12-5-3-9(10)7-11/h8-9,11H,3-7H2,1-2H3/t9-/m0/s1. The molecular weight excluding hydrogens is 154 g/mol. The molecule has 1 rings (SSSR count). The average molecular weight is 173 g/mol. The second-order valence-corrected chi connectivity index (χ2v) is 3.57. The molecule has 1 N–H and O–H groups in total. The lowest BCUT2D eigenvalue weighted by molar-refractivity contribution is 0.0988. The van der Waals surface area contributed by atoms with Crippen LogP contribution in [0.5, 0.6) is 0 Å². The van der Waals surface area contributed by atoms with Gasteiger partial charge < -0.3 is 9.84 Å². The van der Waals surface area contributed by atoms with Gasteiger partial charge in [-0.05, 0) is 20.3 Å². The Morgan fingerprint density at radius 1 is 1.50 bits per heavy atom. The first-order valence-corrected chi connectivity index (χ1v) is 4.70. The molecule has 0 unspecified atom stereocenters. The molecule has 0 saturated carbocycles. The minimum Gasteiger partial charge on any atom is -0.395 e. The van der Waals surface area contributed by atoms with Gasteiger partial charge in [-0.15, -0.1) is 0 Å². The third kappa shape index (κ3) is 2.44. The maximum atomic E-state index is 9.14. The predicted octanol–water partition coefficient (Wildman–Crippen LogP) is 0.478. The van der Waals surface area contributed by atoms with Crippen molar-refractivity contribution in [2.45, 2.75) is 32.4 Å². The Balaban J connectivity index is 2.51. The molecule has 1 aliphatic rings. The summed E-state index contributed by atoms with van der Waals surface area (Å²) in [5.41, 5.74) is 0. The van der Waals surface area contributed by atoms with Gasteiger partial charge in [0.1, 0.15) is 0 Å². The van der Waals surface area contributed by atoms with Crippen LogP contribution >= 0.6 is 0 Å². The fourth-order valence-electron chi connectivity index (χ4n) is 1.72. The van der Waals surface area contributed by atoms with Crippen molar-refractivity contribution in [3.8, 4) is 0 Å². The highest BCUT2D eigenvalue weighted by molar-refractivity contribution is 4.75. The molecule has 0 aromatic rings. The summed E-state index contributed by atoms with van der Waals surface area (Å²) in [4.78, 5) is 2.31. The van der Waals surface area contributed by atoms with Gasteiger partial charge in [0.15, 0.2) is 0 Å². The Morgan fingerprint density at radius 3 is 2.83 bits per heavy atom. The van der Waals surface area contributed by atoms with Crippen molar-refractivity contribution in [3.05, 3.63) is 0 Å². The number of hydrogen-bond donors (Lipinski definition) is 1. The SMILES string of the molecule is CC(C)N1CCOCC[C@H]1CO. The van der Waals surface area contributed by atoms with Crippen molar-refractivity contribution in [2.24, 2.45) is 0 Å². The fraction of sp³-hybridized carbons (Fsp3) is 1.00. The first-order chi connectivity index (χ1) is 5.75. The van der Waals surface area contributed by atoms with Crippen LogP contribution in [0.3, 0.4) is 0 Å². The van der Waals surface area contributed by atoms with E-state index >= 15 is 0 Å². The molecule has 3 heteroatoms. The van der Waals surface area contributed by atoms with E-state index in [1.54, 1.807) is 0 Å². The molecular formula is C9H19NO2. The van der Waals surface area contributed by atoms with E-state index in [1.807, 2.05) is 0 Å². The zero-order valence-electron chi connectivity index (χ0n) is 7.99. The van der Waals surface area contributed by atoms with Crippen LogP contribution in [-0.4, -0.2) is 48.5 Å². The van der Waals surface area contributed by atoms with Crippen LogP contribution in [0.15, 0.2) is 0 Å². The zero-order valence-corrected chi connectivity index (χ0v) is 7.99. The number of nitrogens with zero attached hydrogens (tertiary/aromatic N) is 1. The number of rotatable bonds is 2. The third-order valence-corrected chi connectivity index (χ3v) is 2.43. The van der Waals surface area contributed by atoms with Gasteiger partial charge >= 0.3 is 0 Å². The smallest absolute Gasteiger partial charge is 0.0593 e. The summed E-state index contributed by atoms with van der Waals surface area (Å²) in [6, 6.07) is 0.802. The molecule has 0 aromatic carbocycles. The molecule has 1 heterocycles. The molecule has 1 fully saturated rings. The maximum absolute atomic E-state index is 9.14. The number of ether oxygens (including phenoxy) is 1. The Labute approximate surface area is 74.3 Å². The van der Waals surface area contributed by atoms with Crippen LogP contribution in [0, 0.1) is 0 Å². The Hall–Kier alpha value is -0.120. The second-order valence-electron chi connectivity index (χ2n) is 3.57. The van der Waals surface area contributed by atoms with E-state index in [0.29, 0.717) is 12.1 Å². The van der Waals surface area contributed by atoms with E-state index in [9.17, 15) is 0 Å². The van der Waals surface area contributed by atoms with E-state index in [2.05, 4.69) is 18.7 Å². The maximum Gasteiger partial charge on any atom is 0.0593 e. The Bertz CT molecular complexity index is 128. The number of hydrogen-bond acceptors (Lipinski definition) is 3. The fourth-order valence-corrected chi connectivity index (χ4v) is 1.72. The molecule has 0 amide bonds. The van der Waals surface area contributed by atoms with E-state index in [-0.39, 0.29) is 6.61 Å². The monoisotopic (exact) mass is 173 g/mol. The van der Waals surface area contributed by atoms with E-state index in [4.69, 9.17) is 9.84 Å². The zero-order chi connectivity index (χ0) is 8.97. The van der Waals surface area contributed by atoms with Gasteiger partial charge in [-0.3, -0.25) is 4.90 Å². The molecule has 0 aliphatic carbocycles. The van der Waals surface area contributed by atoms with Gasteiger partial charge in [0.2, 0.25) is 0 Å². The Morgan fingerprint density at radius 2 is 2.25 bits per heavy atom. The molecule has 1 saturated heterocycles. The van der Waals surface area contributed by atoms with Crippen LogP contribution in [0.2, 0.25) is 0 Å². The summed E-state index contributed by atoms with van der Waals surface area (Å²) in [5.74, 6) is 0. The molecule has 12 heavy (non-hydrogen) atoms. The van der Waals surface area contributed by atoms with Crippen molar-refractivity contribution in [1.82, 2.24) is 4.90 Å². The quantitative estimate of drug-likeness (QED) is 0.659. The lowest BCUT2D eigenvalue weighted by atomic mass is 10.1. The van der Waals surface area contributed by atoms with E-state index in [0.717, 1.165) is 26.2 Å². The van der Waals surface area contributed by atoms with Gasteiger partial charge in [-0.1, -0.05) is 0 Å². The normalized spacial score (nSPS) is 27.5. The van der Waals surface area contributed by atoms with Gasteiger partial charge in [-0.25, -0.2) is 0 Å². The van der Waals surface area contributed by atoms with Crippen LogP contribution in [-0.2, 0) is 4.74 Å². The topological polar surface area (TPSA) is 32.7 Å². The van der Waals surface area contributed by atoms with E-state index < -0.39 is 0 Å². The van der Waals surface area contributed by atoms with Crippen molar-refractivity contribution in [2.75, 3.05) is 26.4 Å². The van der Waals surface area contributed by atoms with Crippen molar-refractivity contribution < 1.29 is 9.84 Å². The van der Waals surface area contributed by atoms with Gasteiger partial charge in [0, 0.05) is 25.2 Å². The first-order valence-electron chi connectivity index (χ1n) is 4.70. The predicted molar refractivity (Wildman–Crippen MR) is 48.2 cm³/mol. The molecule has 3 nitrogen and oxygen atoms in total. The molecule has 72 valence electrons. The number of aliphatic hydroxyl groups excluding tert-OH is 1. The highest BCUT2D eigenvalue weighted by atomic mass is 16.5. The molecule has 0 bridgehead atoms. The highest BCUT2D eigenvalue weighted by Crippen LogP contribution is 2.11. The summed E-state index contributed by atoms with van der Waals surface area (Å²) in [7, 11) is 0. The van der Waals surface area contributed by atoms with Crippen LogP contribution in [0.1, 0.15) is 20.3 Å². The summed E-state index contributed by atoms with van der Waals surface area (Å²) in [6.07, 6.45) is 0.953. The lowest BCUT2D eigenvalue weighted by Crippen LogP contribution is -2.43. The minimum atomic E-state index is 0.252. The van der Waals surface area contributed by atoms with Gasteiger partial charge in [-0.2, -0.15) is 0 Å². The van der Waals surface area contributed by atoms with Gasteiger partial charge in [0.05, 0.1) is 13.2 Å². The summed E-state index contributed by atoms with van der Waals surface area (Å²) >= 11 is 0. The molecule has 0 aromatic heterocycles. The van der Waals surface area contributed by atoms with Crippen molar-refractivity contribution in [1.29, 1.82) is 0 Å². The average Bonchev–Trinajstić information content (AvgIpc) is 2.27.